The molecule has 3 heterocycles. The third-order valence-corrected chi connectivity index (χ3v) is 5.78. The van der Waals surface area contributed by atoms with Crippen LogP contribution in [-0.2, 0) is 16.8 Å². The van der Waals surface area contributed by atoms with Crippen molar-refractivity contribution in [2.75, 3.05) is 6.54 Å². The molecule has 1 aliphatic rings. The van der Waals surface area contributed by atoms with E-state index in [2.05, 4.69) is 9.88 Å². The summed E-state index contributed by atoms with van der Waals surface area (Å²) in [5, 5.41) is 3.84. The third kappa shape index (κ3) is 3.19. The third-order valence-electron chi connectivity index (χ3n) is 4.21. The molecule has 1 atom stereocenters. The van der Waals surface area contributed by atoms with Gasteiger partial charge in [-0.15, -0.1) is 0 Å². The summed E-state index contributed by atoms with van der Waals surface area (Å²) in [5.74, 6) is 2.11. The molecule has 7 nitrogen and oxygen atoms in total. The molecule has 126 valence electrons. The molecule has 0 bridgehead atoms. The number of aromatic nitrogens is 1. The Bertz CT molecular complexity index is 774. The molecular formula is C15H21N3O4S. The highest BCUT2D eigenvalue weighted by atomic mass is 32.2. The lowest BCUT2D eigenvalue weighted by atomic mass is 10.2. The van der Waals surface area contributed by atoms with Crippen LogP contribution in [0.1, 0.15) is 47.4 Å². The summed E-state index contributed by atoms with van der Waals surface area (Å²) in [5.41, 5.74) is 1.47. The fraction of sp³-hybridized carbons (Fsp3) is 0.533. The van der Waals surface area contributed by atoms with Gasteiger partial charge in [0.1, 0.15) is 17.3 Å². The predicted octanol–water partition coefficient (Wildman–Crippen LogP) is 2.36. The van der Waals surface area contributed by atoms with Gasteiger partial charge in [0.05, 0.1) is 11.7 Å². The molecule has 1 N–H and O–H groups in total. The molecule has 0 aromatic carbocycles. The number of nitrogens with zero attached hydrogens (tertiary/aromatic N) is 2. The van der Waals surface area contributed by atoms with E-state index in [1.807, 2.05) is 19.1 Å². The Balaban J connectivity index is 1.76. The Kier molecular flexibility index (Phi) is 4.31. The van der Waals surface area contributed by atoms with E-state index in [9.17, 15) is 8.42 Å². The van der Waals surface area contributed by atoms with E-state index in [-0.39, 0.29) is 12.6 Å². The molecule has 23 heavy (non-hydrogen) atoms. The van der Waals surface area contributed by atoms with Crippen LogP contribution < -0.4 is 4.72 Å². The maximum absolute atomic E-state index is 12.7. The molecule has 1 aliphatic heterocycles. The van der Waals surface area contributed by atoms with Crippen molar-refractivity contribution in [1.82, 2.24) is 14.2 Å². The number of aryl methyl sites for hydroxylation is 3. The zero-order valence-electron chi connectivity index (χ0n) is 13.5. The normalized spacial score (nSPS) is 19.5. The van der Waals surface area contributed by atoms with Crippen molar-refractivity contribution in [2.24, 2.45) is 0 Å². The van der Waals surface area contributed by atoms with Crippen LogP contribution in [0.3, 0.4) is 0 Å². The summed E-state index contributed by atoms with van der Waals surface area (Å²) in [6.45, 7) is 6.08. The predicted molar refractivity (Wildman–Crippen MR) is 83.9 cm³/mol. The zero-order chi connectivity index (χ0) is 16.6. The lowest BCUT2D eigenvalue weighted by Gasteiger charge is -2.22. The summed E-state index contributed by atoms with van der Waals surface area (Å²) in [4.78, 5) is 0. The van der Waals surface area contributed by atoms with Crippen LogP contribution in [0.4, 0.5) is 0 Å². The van der Waals surface area contributed by atoms with Crippen molar-refractivity contribution in [1.29, 1.82) is 0 Å². The molecule has 0 amide bonds. The van der Waals surface area contributed by atoms with Crippen LogP contribution in [-0.4, -0.2) is 24.4 Å². The molecular weight excluding hydrogens is 318 g/mol. The van der Waals surface area contributed by atoms with Gasteiger partial charge in [0, 0.05) is 18.7 Å². The van der Waals surface area contributed by atoms with Crippen LogP contribution in [0.5, 0.6) is 0 Å². The summed E-state index contributed by atoms with van der Waals surface area (Å²) >= 11 is 0. The van der Waals surface area contributed by atoms with Crippen LogP contribution >= 0.6 is 0 Å². The molecule has 0 spiro atoms. The summed E-state index contributed by atoms with van der Waals surface area (Å²) in [7, 11) is -3.60. The second-order valence-electron chi connectivity index (χ2n) is 5.85. The van der Waals surface area contributed by atoms with Crippen molar-refractivity contribution >= 4 is 10.2 Å². The van der Waals surface area contributed by atoms with Crippen LogP contribution in [0.15, 0.2) is 21.1 Å². The molecule has 1 fully saturated rings. The zero-order valence-corrected chi connectivity index (χ0v) is 14.3. The lowest BCUT2D eigenvalue weighted by Crippen LogP contribution is -2.40. The molecule has 0 aliphatic carbocycles. The first kappa shape index (κ1) is 16.2. The smallest absolute Gasteiger partial charge is 0.280 e. The molecule has 1 saturated heterocycles. The fourth-order valence-electron chi connectivity index (χ4n) is 2.95. The number of rotatable bonds is 5. The Hall–Kier alpha value is -1.64. The molecule has 2 aromatic rings. The van der Waals surface area contributed by atoms with E-state index in [1.165, 1.54) is 4.31 Å². The SMILES string of the molecule is Cc1ccc([C@H]2CCCN2S(=O)(=O)NCc2c(C)noc2C)o1. The quantitative estimate of drug-likeness (QED) is 0.903. The average Bonchev–Trinajstić information content (AvgIpc) is 3.18. The molecule has 3 rings (SSSR count). The van der Waals surface area contributed by atoms with E-state index >= 15 is 0 Å². The maximum Gasteiger partial charge on any atom is 0.280 e. The van der Waals surface area contributed by atoms with Crippen LogP contribution in [0, 0.1) is 20.8 Å². The second-order valence-corrected chi connectivity index (χ2v) is 7.55. The van der Waals surface area contributed by atoms with Crippen molar-refractivity contribution in [3.05, 3.63) is 40.7 Å². The second kappa shape index (κ2) is 6.10. The molecule has 0 saturated carbocycles. The van der Waals surface area contributed by atoms with Gasteiger partial charge in [-0.2, -0.15) is 17.4 Å². The molecule has 0 radical (unpaired) electrons. The first-order valence-corrected chi connectivity index (χ1v) is 9.07. The lowest BCUT2D eigenvalue weighted by molar-refractivity contribution is 0.330. The van der Waals surface area contributed by atoms with Gasteiger partial charge in [-0.25, -0.2) is 0 Å². The number of nitrogens with one attached hydrogen (secondary N) is 1. The highest BCUT2D eigenvalue weighted by Gasteiger charge is 2.36. The fourth-order valence-corrected chi connectivity index (χ4v) is 4.35. The van der Waals surface area contributed by atoms with Gasteiger partial charge in [-0.05, 0) is 45.7 Å². The largest absolute Gasteiger partial charge is 0.465 e. The van der Waals surface area contributed by atoms with Gasteiger partial charge in [0.15, 0.2) is 0 Å². The van der Waals surface area contributed by atoms with E-state index in [0.717, 1.165) is 24.2 Å². The van der Waals surface area contributed by atoms with E-state index in [0.29, 0.717) is 23.8 Å². The minimum absolute atomic E-state index is 0.171. The Morgan fingerprint density at radius 1 is 1.35 bits per heavy atom. The minimum Gasteiger partial charge on any atom is -0.465 e. The Labute approximate surface area is 135 Å². The summed E-state index contributed by atoms with van der Waals surface area (Å²) in [6.07, 6.45) is 1.58. The van der Waals surface area contributed by atoms with E-state index in [4.69, 9.17) is 8.94 Å². The molecule has 0 unspecified atom stereocenters. The number of hydrogen-bond acceptors (Lipinski definition) is 5. The van der Waals surface area contributed by atoms with Crippen molar-refractivity contribution < 1.29 is 17.4 Å². The highest BCUT2D eigenvalue weighted by molar-refractivity contribution is 7.87. The van der Waals surface area contributed by atoms with Gasteiger partial charge in [0.25, 0.3) is 10.2 Å². The van der Waals surface area contributed by atoms with Crippen LogP contribution in [0.2, 0.25) is 0 Å². The van der Waals surface area contributed by atoms with E-state index in [1.54, 1.807) is 13.8 Å². The Morgan fingerprint density at radius 2 is 2.13 bits per heavy atom. The maximum atomic E-state index is 12.7. The van der Waals surface area contributed by atoms with Gasteiger partial charge in [-0.3, -0.25) is 0 Å². The Morgan fingerprint density at radius 3 is 2.74 bits per heavy atom. The monoisotopic (exact) mass is 339 g/mol. The topological polar surface area (TPSA) is 88.6 Å². The van der Waals surface area contributed by atoms with Crippen molar-refractivity contribution in [2.45, 2.75) is 46.2 Å². The summed E-state index contributed by atoms with van der Waals surface area (Å²) < 4.78 is 40.1. The van der Waals surface area contributed by atoms with Crippen molar-refractivity contribution in [3.8, 4) is 0 Å². The summed E-state index contributed by atoms with van der Waals surface area (Å²) in [6, 6.07) is 3.46. The van der Waals surface area contributed by atoms with E-state index < -0.39 is 10.2 Å². The average molecular weight is 339 g/mol. The number of furan rings is 1. The minimum atomic E-state index is -3.60. The molecule has 8 heteroatoms. The van der Waals surface area contributed by atoms with Crippen LogP contribution in [0.25, 0.3) is 0 Å². The van der Waals surface area contributed by atoms with Gasteiger partial charge < -0.3 is 8.94 Å². The first-order chi connectivity index (χ1) is 10.9. The van der Waals surface area contributed by atoms with Gasteiger partial charge in [0.2, 0.25) is 0 Å². The first-order valence-electron chi connectivity index (χ1n) is 7.63. The van der Waals surface area contributed by atoms with Crippen molar-refractivity contribution in [3.63, 3.8) is 0 Å². The van der Waals surface area contributed by atoms with Gasteiger partial charge >= 0.3 is 0 Å². The molecule has 2 aromatic heterocycles. The highest BCUT2D eigenvalue weighted by Crippen LogP contribution is 2.34. The van der Waals surface area contributed by atoms with Gasteiger partial charge in [-0.1, -0.05) is 5.16 Å². The number of hydrogen-bond donors (Lipinski definition) is 1. The standard InChI is InChI=1S/C15H21N3O4S/c1-10-6-7-15(21-10)14-5-4-8-18(14)23(19,20)16-9-13-11(2)17-22-12(13)3/h6-7,14,16H,4-5,8-9H2,1-3H3/t14-/m1/s1.